The molecule has 0 bridgehead atoms. The summed E-state index contributed by atoms with van der Waals surface area (Å²) in [6.07, 6.45) is 1.98. The molecule has 27 heavy (non-hydrogen) atoms. The summed E-state index contributed by atoms with van der Waals surface area (Å²) in [6.45, 7) is 8.05. The predicted molar refractivity (Wildman–Crippen MR) is 120 cm³/mol. The molecule has 1 N–H and O–H groups in total. The zero-order valence-electron chi connectivity index (χ0n) is 17.7. The van der Waals surface area contributed by atoms with Crippen LogP contribution in [0.25, 0.3) is 0 Å². The fourth-order valence-electron chi connectivity index (χ4n) is 2.75. The minimum atomic E-state index is -2.73. The fraction of sp³-hybridized carbons (Fsp3) is 0.941. The zero-order chi connectivity index (χ0) is 21.2. The molecule has 0 heterocycles. The molecule has 0 fully saturated rings. The van der Waals surface area contributed by atoms with Crippen molar-refractivity contribution in [2.45, 2.75) is 71.2 Å². The third kappa shape index (κ3) is 6.81. The van der Waals surface area contributed by atoms with Crippen molar-refractivity contribution in [3.05, 3.63) is 0 Å². The quantitative estimate of drug-likeness (QED) is 0.338. The Labute approximate surface area is 176 Å². The number of nitrogens with zero attached hydrogens (tertiary/aromatic N) is 1. The van der Waals surface area contributed by atoms with Crippen LogP contribution in [0.15, 0.2) is 0 Å². The summed E-state index contributed by atoms with van der Waals surface area (Å²) in [6, 6.07) is 2.38. The van der Waals surface area contributed by atoms with Crippen molar-refractivity contribution in [1.29, 1.82) is 5.26 Å². The normalized spacial score (nSPS) is 17.1. The average molecular weight is 459 g/mol. The van der Waals surface area contributed by atoms with Crippen LogP contribution in [0, 0.1) is 11.3 Å². The van der Waals surface area contributed by atoms with Gasteiger partial charge in [-0.25, -0.2) is 0 Å². The van der Waals surface area contributed by atoms with Crippen LogP contribution in [-0.2, 0) is 41.7 Å². The molecule has 0 aromatic heterocycles. The third-order valence-electron chi connectivity index (χ3n) is 4.51. The van der Waals surface area contributed by atoms with E-state index in [2.05, 4.69) is 11.4 Å². The lowest BCUT2D eigenvalue weighted by Gasteiger charge is -2.40. The summed E-state index contributed by atoms with van der Waals surface area (Å²) in [7, 11) is 1.87. The van der Waals surface area contributed by atoms with Crippen molar-refractivity contribution in [2.75, 3.05) is 33.5 Å². The Morgan fingerprint density at radius 2 is 1.26 bits per heavy atom. The first-order valence-electron chi connectivity index (χ1n) is 9.46. The van der Waals surface area contributed by atoms with Gasteiger partial charge in [0.2, 0.25) is 13.0 Å². The van der Waals surface area contributed by atoms with Crippen LogP contribution in [0.3, 0.4) is 0 Å². The Balaban J connectivity index is 5.44. The maximum Gasteiger partial charge on any atom is 0.208 e. The van der Waals surface area contributed by atoms with E-state index in [0.29, 0.717) is 39.3 Å². The SMILES string of the molecule is CCOP(=S)(OCC)C(C)(C#N)CCCC(C)(NC)P(=S)(OCC)OCC. The first-order chi connectivity index (χ1) is 12.6. The van der Waals surface area contributed by atoms with Crippen LogP contribution in [-0.4, -0.2) is 43.9 Å². The summed E-state index contributed by atoms with van der Waals surface area (Å²) in [5, 5.41) is 11.8. The van der Waals surface area contributed by atoms with Gasteiger partial charge in [0.15, 0.2) is 0 Å². The highest BCUT2D eigenvalue weighted by molar-refractivity contribution is 8.11. The number of nitriles is 1. The molecule has 0 aromatic rings. The zero-order valence-corrected chi connectivity index (χ0v) is 21.2. The van der Waals surface area contributed by atoms with Crippen molar-refractivity contribution >= 4 is 36.6 Å². The molecule has 0 saturated heterocycles. The van der Waals surface area contributed by atoms with E-state index in [1.165, 1.54) is 0 Å². The van der Waals surface area contributed by atoms with Crippen molar-refractivity contribution in [3.63, 3.8) is 0 Å². The molecule has 2 atom stereocenters. The average Bonchev–Trinajstić information content (AvgIpc) is 2.61. The smallest absolute Gasteiger partial charge is 0.208 e. The van der Waals surface area contributed by atoms with Gasteiger partial charge in [-0.1, -0.05) is 0 Å². The molecule has 6 nitrogen and oxygen atoms in total. The van der Waals surface area contributed by atoms with Gasteiger partial charge in [-0.3, -0.25) is 0 Å². The van der Waals surface area contributed by atoms with Gasteiger partial charge in [0.05, 0.1) is 37.8 Å². The topological polar surface area (TPSA) is 72.7 Å². The summed E-state index contributed by atoms with van der Waals surface area (Å²) in [4.78, 5) is 0. The number of rotatable bonds is 15. The Bertz CT molecular complexity index is 568. The maximum atomic E-state index is 9.86. The minimum Gasteiger partial charge on any atom is -0.329 e. The lowest BCUT2D eigenvalue weighted by molar-refractivity contribution is 0.232. The molecule has 0 rings (SSSR count). The highest BCUT2D eigenvalue weighted by Crippen LogP contribution is 2.63. The van der Waals surface area contributed by atoms with Crippen LogP contribution in [0.4, 0.5) is 0 Å². The number of hydrogen-bond donors (Lipinski definition) is 1. The highest BCUT2D eigenvalue weighted by Gasteiger charge is 2.45. The molecule has 0 aromatic carbocycles. The van der Waals surface area contributed by atoms with Crippen LogP contribution >= 0.6 is 13.0 Å². The van der Waals surface area contributed by atoms with E-state index >= 15 is 0 Å². The molecule has 2 unspecified atom stereocenters. The lowest BCUT2D eigenvalue weighted by atomic mass is 10.0. The molecule has 0 aliphatic heterocycles. The van der Waals surface area contributed by atoms with Gasteiger partial charge in [-0.2, -0.15) is 5.26 Å². The van der Waals surface area contributed by atoms with Gasteiger partial charge in [-0.05, 0) is 91.5 Å². The summed E-state index contributed by atoms with van der Waals surface area (Å²) in [5.41, 5.74) is 0. The molecular formula is C17H36N2O4P2S2. The largest absolute Gasteiger partial charge is 0.329 e. The Kier molecular flexibility index (Phi) is 12.6. The minimum absolute atomic E-state index is 0.429. The van der Waals surface area contributed by atoms with Crippen molar-refractivity contribution < 1.29 is 18.1 Å². The molecule has 0 aliphatic rings. The number of hydrogen-bond acceptors (Lipinski definition) is 8. The van der Waals surface area contributed by atoms with E-state index in [9.17, 15) is 5.26 Å². The second-order valence-electron chi connectivity index (χ2n) is 6.43. The van der Waals surface area contributed by atoms with Crippen LogP contribution in [0.5, 0.6) is 0 Å². The molecule has 0 amide bonds. The van der Waals surface area contributed by atoms with Gasteiger partial charge in [0, 0.05) is 0 Å². The molecular weight excluding hydrogens is 422 g/mol. The Morgan fingerprint density at radius 3 is 1.59 bits per heavy atom. The van der Waals surface area contributed by atoms with E-state index in [4.69, 9.17) is 41.7 Å². The van der Waals surface area contributed by atoms with E-state index in [1.54, 1.807) is 0 Å². The van der Waals surface area contributed by atoms with E-state index in [1.807, 2.05) is 48.6 Å². The van der Waals surface area contributed by atoms with Gasteiger partial charge in [0.25, 0.3) is 0 Å². The van der Waals surface area contributed by atoms with E-state index < -0.39 is 23.4 Å². The Morgan fingerprint density at radius 1 is 0.852 bits per heavy atom. The second-order valence-corrected chi connectivity index (χ2v) is 14.3. The van der Waals surface area contributed by atoms with Crippen LogP contribution in [0.1, 0.15) is 60.8 Å². The van der Waals surface area contributed by atoms with Gasteiger partial charge >= 0.3 is 0 Å². The first-order valence-corrected chi connectivity index (χ1v) is 14.7. The molecule has 0 saturated carbocycles. The molecule has 0 spiro atoms. The van der Waals surface area contributed by atoms with Crippen LogP contribution in [0.2, 0.25) is 0 Å². The predicted octanol–water partition coefficient (Wildman–Crippen LogP) is 5.14. The van der Waals surface area contributed by atoms with Gasteiger partial charge in [-0.15, -0.1) is 0 Å². The third-order valence-corrected chi connectivity index (χ3v) is 13.8. The van der Waals surface area contributed by atoms with Crippen LogP contribution < -0.4 is 5.32 Å². The molecule has 0 aliphatic carbocycles. The number of nitrogens with one attached hydrogen (secondary N) is 1. The molecule has 10 heteroatoms. The molecule has 0 radical (unpaired) electrons. The van der Waals surface area contributed by atoms with Gasteiger partial charge < -0.3 is 23.4 Å². The summed E-state index contributed by atoms with van der Waals surface area (Å²) < 4.78 is 23.3. The highest BCUT2D eigenvalue weighted by atomic mass is 32.5. The first kappa shape index (κ1) is 27.6. The fourth-order valence-corrected chi connectivity index (χ4v) is 8.87. The van der Waals surface area contributed by atoms with Gasteiger partial charge in [0.1, 0.15) is 5.16 Å². The second kappa shape index (κ2) is 12.3. The van der Waals surface area contributed by atoms with Crippen molar-refractivity contribution in [3.8, 4) is 6.07 Å². The lowest BCUT2D eigenvalue weighted by Crippen LogP contribution is -2.41. The monoisotopic (exact) mass is 458 g/mol. The van der Waals surface area contributed by atoms with Crippen molar-refractivity contribution in [2.24, 2.45) is 0 Å². The summed E-state index contributed by atoms with van der Waals surface area (Å²) in [5.74, 6) is 0. The molecule has 160 valence electrons. The maximum absolute atomic E-state index is 9.86. The van der Waals surface area contributed by atoms with Crippen molar-refractivity contribution in [1.82, 2.24) is 5.32 Å². The Hall–Kier alpha value is 0.590. The van der Waals surface area contributed by atoms with E-state index in [0.717, 1.165) is 6.42 Å². The summed E-state index contributed by atoms with van der Waals surface area (Å²) >= 11 is 11.5. The van der Waals surface area contributed by atoms with E-state index in [-0.39, 0.29) is 0 Å². The standard InChI is InChI=1S/C17H36N2O4P2S2/c1-8-20-24(26,21-9-2)16(5,15-18)13-12-14-17(6,19-7)25(27,22-10-3)23-11-4/h19H,8-14H2,1-7H3.